The van der Waals surface area contributed by atoms with Crippen molar-refractivity contribution in [2.24, 2.45) is 0 Å². The Morgan fingerprint density at radius 2 is 2.00 bits per heavy atom. The standard InChI is InChI=1S/C15H23NO3/c1-16(10-14(18-2)19-3)15-12-7-5-4-6-11(12)8-9-13(15)17/h4-7,13-15,17H,8-10H2,1-3H3/t13-,15-/m1/s1. The molecule has 0 radical (unpaired) electrons. The third-order valence-corrected chi connectivity index (χ3v) is 3.89. The van der Waals surface area contributed by atoms with Gasteiger partial charge in [0.2, 0.25) is 0 Å². The summed E-state index contributed by atoms with van der Waals surface area (Å²) in [6.07, 6.45) is 1.14. The Morgan fingerprint density at radius 1 is 1.32 bits per heavy atom. The van der Waals surface area contributed by atoms with E-state index in [2.05, 4.69) is 23.1 Å². The van der Waals surface area contributed by atoms with Crippen LogP contribution in [0.15, 0.2) is 24.3 Å². The SMILES string of the molecule is COC(CN(C)[C@@H]1c2ccccc2CC[C@H]1O)OC. The lowest BCUT2D eigenvalue weighted by molar-refractivity contribution is -0.123. The minimum absolute atomic E-state index is 0.0118. The molecular weight excluding hydrogens is 242 g/mol. The maximum absolute atomic E-state index is 10.3. The number of hydrogen-bond donors (Lipinski definition) is 1. The fraction of sp³-hybridized carbons (Fsp3) is 0.600. The number of methoxy groups -OCH3 is 2. The van der Waals surface area contributed by atoms with Crippen molar-refractivity contribution in [2.75, 3.05) is 27.8 Å². The number of rotatable bonds is 5. The van der Waals surface area contributed by atoms with E-state index < -0.39 is 0 Å². The number of aliphatic hydroxyl groups is 1. The lowest BCUT2D eigenvalue weighted by Gasteiger charge is -2.37. The Morgan fingerprint density at radius 3 is 2.68 bits per heavy atom. The minimum atomic E-state index is -0.339. The van der Waals surface area contributed by atoms with Crippen LogP contribution in [0.5, 0.6) is 0 Å². The van der Waals surface area contributed by atoms with Gasteiger partial charge >= 0.3 is 0 Å². The van der Waals surface area contributed by atoms with Crippen molar-refractivity contribution in [1.29, 1.82) is 0 Å². The molecule has 0 aliphatic heterocycles. The third kappa shape index (κ3) is 3.15. The number of aliphatic hydroxyl groups excluding tert-OH is 1. The van der Waals surface area contributed by atoms with Crippen LogP contribution in [-0.2, 0) is 15.9 Å². The summed E-state index contributed by atoms with van der Waals surface area (Å²) in [6.45, 7) is 0.628. The first-order chi connectivity index (χ1) is 9.17. The largest absolute Gasteiger partial charge is 0.391 e. The van der Waals surface area contributed by atoms with E-state index in [0.29, 0.717) is 6.54 Å². The van der Waals surface area contributed by atoms with E-state index >= 15 is 0 Å². The summed E-state index contributed by atoms with van der Waals surface area (Å²) in [6, 6.07) is 8.35. The molecule has 1 aliphatic rings. The van der Waals surface area contributed by atoms with Crippen LogP contribution in [0, 0.1) is 0 Å². The molecule has 2 atom stereocenters. The highest BCUT2D eigenvalue weighted by molar-refractivity contribution is 5.33. The first-order valence-electron chi connectivity index (χ1n) is 6.69. The average molecular weight is 265 g/mol. The Kier molecular flexibility index (Phi) is 4.93. The van der Waals surface area contributed by atoms with Gasteiger partial charge in [-0.1, -0.05) is 24.3 Å². The predicted molar refractivity (Wildman–Crippen MR) is 73.9 cm³/mol. The second-order valence-corrected chi connectivity index (χ2v) is 5.09. The number of likely N-dealkylation sites (N-methyl/N-ethyl adjacent to an activating group) is 1. The topological polar surface area (TPSA) is 41.9 Å². The monoisotopic (exact) mass is 265 g/mol. The molecule has 0 bridgehead atoms. The summed E-state index contributed by atoms with van der Waals surface area (Å²) < 4.78 is 10.5. The molecule has 1 aromatic carbocycles. The van der Waals surface area contributed by atoms with Crippen molar-refractivity contribution >= 4 is 0 Å². The lowest BCUT2D eigenvalue weighted by atomic mass is 9.85. The smallest absolute Gasteiger partial charge is 0.169 e. The van der Waals surface area contributed by atoms with Gasteiger partial charge in [-0.2, -0.15) is 0 Å². The first kappa shape index (κ1) is 14.5. The number of aryl methyl sites for hydroxylation is 1. The van der Waals surface area contributed by atoms with Gasteiger partial charge in [-0.05, 0) is 31.0 Å². The van der Waals surface area contributed by atoms with E-state index in [0.717, 1.165) is 12.8 Å². The number of hydrogen-bond acceptors (Lipinski definition) is 4. The number of nitrogens with zero attached hydrogens (tertiary/aromatic N) is 1. The highest BCUT2D eigenvalue weighted by Crippen LogP contribution is 2.33. The van der Waals surface area contributed by atoms with Crippen LogP contribution < -0.4 is 0 Å². The molecule has 1 aliphatic carbocycles. The Bertz CT molecular complexity index is 406. The quantitative estimate of drug-likeness (QED) is 0.821. The van der Waals surface area contributed by atoms with Crippen molar-refractivity contribution in [2.45, 2.75) is 31.3 Å². The number of fused-ring (bicyclic) bond motifs is 1. The zero-order valence-electron chi connectivity index (χ0n) is 11.9. The molecule has 106 valence electrons. The van der Waals surface area contributed by atoms with Crippen molar-refractivity contribution in [3.8, 4) is 0 Å². The van der Waals surface area contributed by atoms with Crippen molar-refractivity contribution < 1.29 is 14.6 Å². The van der Waals surface area contributed by atoms with E-state index in [1.807, 2.05) is 13.1 Å². The molecule has 4 nitrogen and oxygen atoms in total. The molecule has 19 heavy (non-hydrogen) atoms. The maximum Gasteiger partial charge on any atom is 0.169 e. The van der Waals surface area contributed by atoms with Gasteiger partial charge in [0.25, 0.3) is 0 Å². The van der Waals surface area contributed by atoms with Gasteiger partial charge in [0.15, 0.2) is 6.29 Å². The van der Waals surface area contributed by atoms with Crippen molar-refractivity contribution in [3.63, 3.8) is 0 Å². The van der Waals surface area contributed by atoms with Gasteiger partial charge in [-0.25, -0.2) is 0 Å². The summed E-state index contributed by atoms with van der Waals surface area (Å²) in [5, 5.41) is 10.3. The molecular formula is C15H23NO3. The first-order valence-corrected chi connectivity index (χ1v) is 6.69. The summed E-state index contributed by atoms with van der Waals surface area (Å²) >= 11 is 0. The summed E-state index contributed by atoms with van der Waals surface area (Å²) in [7, 11) is 5.27. The van der Waals surface area contributed by atoms with Crippen LogP contribution in [-0.4, -0.2) is 50.2 Å². The Hall–Kier alpha value is -0.940. The van der Waals surface area contributed by atoms with Crippen LogP contribution in [0.3, 0.4) is 0 Å². The normalized spacial score (nSPS) is 22.8. The summed E-state index contributed by atoms with van der Waals surface area (Å²) in [5.41, 5.74) is 2.55. The predicted octanol–water partition coefficient (Wildman–Crippen LogP) is 1.59. The molecule has 1 N–H and O–H groups in total. The second-order valence-electron chi connectivity index (χ2n) is 5.09. The van der Waals surface area contributed by atoms with Crippen LogP contribution in [0.2, 0.25) is 0 Å². The van der Waals surface area contributed by atoms with Crippen LogP contribution in [0.1, 0.15) is 23.6 Å². The highest BCUT2D eigenvalue weighted by Gasteiger charge is 2.31. The lowest BCUT2D eigenvalue weighted by Crippen LogP contribution is -2.41. The van der Waals surface area contributed by atoms with Gasteiger partial charge < -0.3 is 14.6 Å². The molecule has 2 rings (SSSR count). The van der Waals surface area contributed by atoms with Crippen LogP contribution >= 0.6 is 0 Å². The summed E-state index contributed by atoms with van der Waals surface area (Å²) in [4.78, 5) is 2.11. The molecule has 0 spiro atoms. The Balaban J connectivity index is 2.18. The van der Waals surface area contributed by atoms with Gasteiger partial charge in [-0.3, -0.25) is 4.90 Å². The van der Waals surface area contributed by atoms with Gasteiger partial charge in [0.1, 0.15) is 0 Å². The van der Waals surface area contributed by atoms with E-state index in [-0.39, 0.29) is 18.4 Å². The molecule has 0 aromatic heterocycles. The third-order valence-electron chi connectivity index (χ3n) is 3.89. The summed E-state index contributed by atoms with van der Waals surface area (Å²) in [5.74, 6) is 0. The Labute approximate surface area is 114 Å². The van der Waals surface area contributed by atoms with E-state index in [1.165, 1.54) is 11.1 Å². The highest BCUT2D eigenvalue weighted by atomic mass is 16.7. The average Bonchev–Trinajstić information content (AvgIpc) is 2.44. The van der Waals surface area contributed by atoms with E-state index in [1.54, 1.807) is 14.2 Å². The fourth-order valence-corrected chi connectivity index (χ4v) is 2.84. The number of benzene rings is 1. The zero-order valence-corrected chi connectivity index (χ0v) is 11.9. The van der Waals surface area contributed by atoms with Gasteiger partial charge in [0, 0.05) is 20.8 Å². The van der Waals surface area contributed by atoms with Gasteiger partial charge in [0.05, 0.1) is 12.1 Å². The van der Waals surface area contributed by atoms with Crippen LogP contribution in [0.25, 0.3) is 0 Å². The molecule has 0 saturated heterocycles. The maximum atomic E-state index is 10.3. The molecule has 0 fully saturated rings. The number of ether oxygens (including phenoxy) is 2. The van der Waals surface area contributed by atoms with Gasteiger partial charge in [-0.15, -0.1) is 0 Å². The second kappa shape index (κ2) is 6.48. The molecule has 1 aromatic rings. The molecule has 4 heteroatoms. The van der Waals surface area contributed by atoms with E-state index in [9.17, 15) is 5.11 Å². The van der Waals surface area contributed by atoms with Crippen molar-refractivity contribution in [1.82, 2.24) is 4.90 Å². The van der Waals surface area contributed by atoms with Crippen molar-refractivity contribution in [3.05, 3.63) is 35.4 Å². The minimum Gasteiger partial charge on any atom is -0.391 e. The van der Waals surface area contributed by atoms with E-state index in [4.69, 9.17) is 9.47 Å². The fourth-order valence-electron chi connectivity index (χ4n) is 2.84. The molecule has 0 saturated carbocycles. The molecule has 0 heterocycles. The zero-order chi connectivity index (χ0) is 13.8. The van der Waals surface area contributed by atoms with Crippen LogP contribution in [0.4, 0.5) is 0 Å². The molecule has 0 amide bonds. The molecule has 0 unspecified atom stereocenters.